The van der Waals surface area contributed by atoms with Gasteiger partial charge in [0.1, 0.15) is 0 Å². The Hall–Kier alpha value is -1.10. The normalized spacial score (nSPS) is 12.8. The van der Waals surface area contributed by atoms with Crippen molar-refractivity contribution in [2.45, 2.75) is 220 Å². The molecule has 0 aliphatic heterocycles. The highest BCUT2D eigenvalue weighted by atomic mass is 16.5. The Balaban J connectivity index is 4.87. The number of esters is 1. The van der Waals surface area contributed by atoms with Crippen LogP contribution in [0.4, 0.5) is 0 Å². The fourth-order valence-corrected chi connectivity index (χ4v) is 6.85. The van der Waals surface area contributed by atoms with Crippen LogP contribution in [0.2, 0.25) is 0 Å². The van der Waals surface area contributed by atoms with Gasteiger partial charge in [-0.3, -0.25) is 9.59 Å². The number of hydrogen-bond donors (Lipinski definition) is 0. The van der Waals surface area contributed by atoms with Crippen molar-refractivity contribution in [3.05, 3.63) is 0 Å². The molecule has 0 radical (unpaired) electrons. The van der Waals surface area contributed by atoms with E-state index in [0.717, 1.165) is 58.0 Å². The molecule has 0 saturated heterocycles. The molecule has 2 unspecified atom stereocenters. The molecule has 0 fully saturated rings. The summed E-state index contributed by atoms with van der Waals surface area (Å²) in [6.07, 6.45) is 33.8. The summed E-state index contributed by atoms with van der Waals surface area (Å²) in [5.74, 6) is 0.888. The number of nitrogens with zero attached hydrogens (tertiary/aromatic N) is 2. The Morgan fingerprint density at radius 2 is 0.915 bits per heavy atom. The molecule has 0 aliphatic carbocycles. The van der Waals surface area contributed by atoms with Gasteiger partial charge in [-0.1, -0.05) is 156 Å². The standard InChI is InChI=1S/C42H84N2O3/c1-7-11-15-19-21-24-31-39(30-23-17-13-9-3)38-47-42(46)35-28-22-26-33-40(32-25-18-14-10-4)44(37-29-36-43(5)6)41(45)34-27-20-16-12-8-2/h39-40H,7-38H2,1-6H3. The third-order valence-corrected chi connectivity index (χ3v) is 9.98. The molecule has 0 heterocycles. The molecule has 0 aromatic carbocycles. The second kappa shape index (κ2) is 34.8. The van der Waals surface area contributed by atoms with Gasteiger partial charge < -0.3 is 14.5 Å². The summed E-state index contributed by atoms with van der Waals surface area (Å²) in [4.78, 5) is 30.8. The third kappa shape index (κ3) is 29.5. The van der Waals surface area contributed by atoms with Gasteiger partial charge in [-0.25, -0.2) is 0 Å². The smallest absolute Gasteiger partial charge is 0.305 e. The van der Waals surface area contributed by atoms with E-state index in [1.54, 1.807) is 0 Å². The van der Waals surface area contributed by atoms with Crippen LogP contribution < -0.4 is 0 Å². The van der Waals surface area contributed by atoms with Gasteiger partial charge >= 0.3 is 5.97 Å². The number of carbonyl (C=O) groups excluding carboxylic acids is 2. The summed E-state index contributed by atoms with van der Waals surface area (Å²) in [6.45, 7) is 11.5. The van der Waals surface area contributed by atoms with Crippen LogP contribution in [0.15, 0.2) is 0 Å². The summed E-state index contributed by atoms with van der Waals surface area (Å²) in [5, 5.41) is 0. The maximum atomic E-state index is 13.6. The zero-order valence-electron chi connectivity index (χ0n) is 32.9. The number of amides is 1. The van der Waals surface area contributed by atoms with E-state index >= 15 is 0 Å². The van der Waals surface area contributed by atoms with E-state index in [2.05, 4.69) is 51.6 Å². The van der Waals surface area contributed by atoms with Crippen LogP contribution >= 0.6 is 0 Å². The molecule has 5 heteroatoms. The Morgan fingerprint density at radius 3 is 1.45 bits per heavy atom. The monoisotopic (exact) mass is 665 g/mol. The molecule has 0 saturated carbocycles. The molecule has 2 atom stereocenters. The van der Waals surface area contributed by atoms with Gasteiger partial charge in [0, 0.05) is 25.4 Å². The van der Waals surface area contributed by atoms with Crippen molar-refractivity contribution in [1.29, 1.82) is 0 Å². The Kier molecular flexibility index (Phi) is 33.9. The summed E-state index contributed by atoms with van der Waals surface area (Å²) in [6, 6.07) is 0.333. The highest BCUT2D eigenvalue weighted by Gasteiger charge is 2.23. The largest absolute Gasteiger partial charge is 0.465 e. The second-order valence-corrected chi connectivity index (χ2v) is 15.0. The molecule has 47 heavy (non-hydrogen) atoms. The molecule has 0 N–H and O–H groups in total. The van der Waals surface area contributed by atoms with E-state index in [0.29, 0.717) is 37.3 Å². The van der Waals surface area contributed by atoms with E-state index in [4.69, 9.17) is 4.74 Å². The average Bonchev–Trinajstić information content (AvgIpc) is 3.05. The van der Waals surface area contributed by atoms with Gasteiger partial charge in [-0.15, -0.1) is 0 Å². The van der Waals surface area contributed by atoms with Gasteiger partial charge in [0.05, 0.1) is 6.61 Å². The van der Waals surface area contributed by atoms with Crippen molar-refractivity contribution in [2.24, 2.45) is 5.92 Å². The molecule has 0 aromatic heterocycles. The quantitative estimate of drug-likeness (QED) is 0.0494. The molecule has 5 nitrogen and oxygen atoms in total. The molecule has 0 spiro atoms. The van der Waals surface area contributed by atoms with E-state index in [9.17, 15) is 9.59 Å². The highest BCUT2D eigenvalue weighted by molar-refractivity contribution is 5.76. The highest BCUT2D eigenvalue weighted by Crippen LogP contribution is 2.22. The number of rotatable bonds is 36. The van der Waals surface area contributed by atoms with E-state index in [1.807, 2.05) is 0 Å². The fourth-order valence-electron chi connectivity index (χ4n) is 6.85. The Bertz CT molecular complexity index is 683. The minimum atomic E-state index is -0.00816. The molecular weight excluding hydrogens is 580 g/mol. The zero-order valence-corrected chi connectivity index (χ0v) is 32.9. The molecule has 0 bridgehead atoms. The van der Waals surface area contributed by atoms with Crippen molar-refractivity contribution in [3.8, 4) is 0 Å². The van der Waals surface area contributed by atoms with Crippen LogP contribution in [0.1, 0.15) is 214 Å². The summed E-state index contributed by atoms with van der Waals surface area (Å²) >= 11 is 0. The first kappa shape index (κ1) is 45.9. The number of hydrogen-bond acceptors (Lipinski definition) is 4. The van der Waals surface area contributed by atoms with Crippen LogP contribution in [0.5, 0.6) is 0 Å². The fraction of sp³-hybridized carbons (Fsp3) is 0.952. The molecule has 1 amide bonds. The van der Waals surface area contributed by atoms with Gasteiger partial charge in [-0.05, 0) is 71.5 Å². The summed E-state index contributed by atoms with van der Waals surface area (Å²) in [7, 11) is 4.24. The lowest BCUT2D eigenvalue weighted by atomic mass is 9.95. The predicted molar refractivity (Wildman–Crippen MR) is 205 cm³/mol. The summed E-state index contributed by atoms with van der Waals surface area (Å²) < 4.78 is 5.86. The van der Waals surface area contributed by atoms with E-state index in [-0.39, 0.29) is 5.97 Å². The van der Waals surface area contributed by atoms with Crippen molar-refractivity contribution in [2.75, 3.05) is 33.8 Å². The first-order chi connectivity index (χ1) is 22.9. The molecule has 0 aliphatic rings. The summed E-state index contributed by atoms with van der Waals surface area (Å²) in [5.41, 5.74) is 0. The molecule has 0 aromatic rings. The van der Waals surface area contributed by atoms with Crippen molar-refractivity contribution in [1.82, 2.24) is 9.80 Å². The lowest BCUT2D eigenvalue weighted by Crippen LogP contribution is -2.41. The minimum Gasteiger partial charge on any atom is -0.465 e. The Morgan fingerprint density at radius 1 is 0.489 bits per heavy atom. The lowest BCUT2D eigenvalue weighted by molar-refractivity contribution is -0.145. The second-order valence-electron chi connectivity index (χ2n) is 15.0. The van der Waals surface area contributed by atoms with Gasteiger partial charge in [-0.2, -0.15) is 0 Å². The maximum absolute atomic E-state index is 13.6. The predicted octanol–water partition coefficient (Wildman–Crippen LogP) is 12.3. The van der Waals surface area contributed by atoms with Crippen LogP contribution in [0.25, 0.3) is 0 Å². The van der Waals surface area contributed by atoms with Crippen LogP contribution in [0, 0.1) is 5.92 Å². The molecule has 0 rings (SSSR count). The minimum absolute atomic E-state index is 0.00816. The first-order valence-electron chi connectivity index (χ1n) is 21.0. The van der Waals surface area contributed by atoms with E-state index in [1.165, 1.54) is 128 Å². The Labute approximate surface area is 295 Å². The average molecular weight is 665 g/mol. The van der Waals surface area contributed by atoms with E-state index < -0.39 is 0 Å². The topological polar surface area (TPSA) is 49.9 Å². The maximum Gasteiger partial charge on any atom is 0.305 e. The number of unbranched alkanes of at least 4 members (excludes halogenated alkanes) is 17. The van der Waals surface area contributed by atoms with Gasteiger partial charge in [0.2, 0.25) is 5.91 Å². The lowest BCUT2D eigenvalue weighted by Gasteiger charge is -2.33. The van der Waals surface area contributed by atoms with Gasteiger partial charge in [0.25, 0.3) is 0 Å². The molecule has 280 valence electrons. The van der Waals surface area contributed by atoms with Crippen molar-refractivity contribution >= 4 is 11.9 Å². The number of ether oxygens (including phenoxy) is 1. The first-order valence-corrected chi connectivity index (χ1v) is 21.0. The van der Waals surface area contributed by atoms with Crippen LogP contribution in [-0.2, 0) is 14.3 Å². The van der Waals surface area contributed by atoms with Crippen LogP contribution in [0.3, 0.4) is 0 Å². The zero-order chi connectivity index (χ0) is 34.8. The SMILES string of the molecule is CCCCCCCCC(CCCCCC)COC(=O)CCCCCC(CCCCCC)N(CCCN(C)C)C(=O)CCCCCCC. The van der Waals surface area contributed by atoms with Crippen LogP contribution in [-0.4, -0.2) is 61.5 Å². The third-order valence-electron chi connectivity index (χ3n) is 9.98. The van der Waals surface area contributed by atoms with Gasteiger partial charge in [0.15, 0.2) is 0 Å². The number of carbonyl (C=O) groups is 2. The molecular formula is C42H84N2O3. The van der Waals surface area contributed by atoms with Crippen molar-refractivity contribution in [3.63, 3.8) is 0 Å². The van der Waals surface area contributed by atoms with Crippen molar-refractivity contribution < 1.29 is 14.3 Å².